The van der Waals surface area contributed by atoms with Gasteiger partial charge in [0.1, 0.15) is 17.1 Å². The molecule has 1 saturated carbocycles. The van der Waals surface area contributed by atoms with Crippen molar-refractivity contribution in [3.8, 4) is 0 Å². The van der Waals surface area contributed by atoms with Crippen molar-refractivity contribution < 1.29 is 27.8 Å². The molecule has 0 aromatic carbocycles. The molecule has 3 rings (SSSR count). The zero-order chi connectivity index (χ0) is 23.5. The van der Waals surface area contributed by atoms with Gasteiger partial charge < -0.3 is 25.9 Å². The zero-order valence-corrected chi connectivity index (χ0v) is 17.7. The molecule has 2 aliphatic carbocycles. The summed E-state index contributed by atoms with van der Waals surface area (Å²) in [7, 11) is 1.36. The van der Waals surface area contributed by atoms with Crippen LogP contribution < -0.4 is 10.6 Å². The SMILES string of the molecule is COC1=CC(=N)/C(=C\NC2CCC(C)(O)CC2)C=C1NC(=O)c1cccc(C(F)(F)F)n1. The molecule has 32 heavy (non-hydrogen) atoms. The van der Waals surface area contributed by atoms with Gasteiger partial charge in [0.05, 0.1) is 24.1 Å². The molecule has 172 valence electrons. The molecule has 1 fully saturated rings. The summed E-state index contributed by atoms with van der Waals surface area (Å²) >= 11 is 0. The molecule has 1 aromatic rings. The second-order valence-electron chi connectivity index (χ2n) is 8.08. The van der Waals surface area contributed by atoms with Crippen LogP contribution in [0.2, 0.25) is 0 Å². The minimum atomic E-state index is -4.67. The summed E-state index contributed by atoms with van der Waals surface area (Å²) in [5.74, 6) is -0.637. The Morgan fingerprint density at radius 2 is 2.00 bits per heavy atom. The van der Waals surface area contributed by atoms with E-state index in [2.05, 4.69) is 15.6 Å². The molecule has 0 unspecified atom stereocenters. The predicted octanol–water partition coefficient (Wildman–Crippen LogP) is 3.44. The first-order chi connectivity index (χ1) is 15.0. The maximum Gasteiger partial charge on any atom is 0.433 e. The first-order valence-corrected chi connectivity index (χ1v) is 10.1. The lowest BCUT2D eigenvalue weighted by molar-refractivity contribution is -0.141. The largest absolute Gasteiger partial charge is 0.494 e. The highest BCUT2D eigenvalue weighted by Crippen LogP contribution is 2.29. The summed E-state index contributed by atoms with van der Waals surface area (Å²) in [5.41, 5.74) is -1.40. The Hall–Kier alpha value is -3.14. The van der Waals surface area contributed by atoms with Crippen LogP contribution in [0.15, 0.2) is 53.6 Å². The zero-order valence-electron chi connectivity index (χ0n) is 17.7. The van der Waals surface area contributed by atoms with Crippen LogP contribution in [0.1, 0.15) is 48.8 Å². The van der Waals surface area contributed by atoms with Crippen molar-refractivity contribution in [1.29, 1.82) is 5.41 Å². The Balaban J connectivity index is 1.76. The number of rotatable bonds is 5. The molecule has 0 atom stereocenters. The smallest absolute Gasteiger partial charge is 0.433 e. The van der Waals surface area contributed by atoms with Crippen LogP contribution >= 0.6 is 0 Å². The highest BCUT2D eigenvalue weighted by molar-refractivity contribution is 6.10. The number of carbonyl (C=O) groups is 1. The van der Waals surface area contributed by atoms with Crippen LogP contribution in [0.3, 0.4) is 0 Å². The molecule has 10 heteroatoms. The molecule has 1 amide bonds. The van der Waals surface area contributed by atoms with Gasteiger partial charge in [0.25, 0.3) is 5.91 Å². The van der Waals surface area contributed by atoms with E-state index in [0.29, 0.717) is 18.4 Å². The standard InChI is InChI=1S/C22H25F3N4O3/c1-21(31)8-6-14(7-9-21)27-12-13-10-17(18(32-2)11-15(13)26)29-20(30)16-4-3-5-19(28-16)22(23,24)25/h3-5,10-12,14,26-27,31H,6-9H2,1-2H3,(H,29,30)/b13-12-,26-15?. The van der Waals surface area contributed by atoms with Crippen molar-refractivity contribution in [3.63, 3.8) is 0 Å². The molecule has 7 nitrogen and oxygen atoms in total. The second kappa shape index (κ2) is 9.15. The van der Waals surface area contributed by atoms with Crippen molar-refractivity contribution in [2.24, 2.45) is 0 Å². The molecule has 0 spiro atoms. The lowest BCUT2D eigenvalue weighted by Crippen LogP contribution is -2.38. The fraction of sp³-hybridized carbons (Fsp3) is 0.409. The van der Waals surface area contributed by atoms with E-state index >= 15 is 0 Å². The molecule has 1 aromatic heterocycles. The lowest BCUT2D eigenvalue weighted by atomic mass is 9.84. The molecule has 0 aliphatic heterocycles. The quantitative estimate of drug-likeness (QED) is 0.550. The number of halogens is 3. The Morgan fingerprint density at radius 1 is 1.31 bits per heavy atom. The molecule has 2 aliphatic rings. The highest BCUT2D eigenvalue weighted by atomic mass is 19.4. The highest BCUT2D eigenvalue weighted by Gasteiger charge is 2.33. The number of aromatic nitrogens is 1. The fourth-order valence-electron chi connectivity index (χ4n) is 3.50. The average Bonchev–Trinajstić information content (AvgIpc) is 2.74. The van der Waals surface area contributed by atoms with Gasteiger partial charge in [-0.3, -0.25) is 4.79 Å². The first-order valence-electron chi connectivity index (χ1n) is 10.1. The van der Waals surface area contributed by atoms with Crippen LogP contribution in [0.5, 0.6) is 0 Å². The number of methoxy groups -OCH3 is 1. The Kier molecular flexibility index (Phi) is 6.73. The summed E-state index contributed by atoms with van der Waals surface area (Å²) in [6, 6.07) is 3.22. The number of carbonyl (C=O) groups excluding carboxylic acids is 1. The molecule has 0 saturated heterocycles. The summed E-state index contributed by atoms with van der Waals surface area (Å²) < 4.78 is 43.9. The molecule has 4 N–H and O–H groups in total. The predicted molar refractivity (Wildman–Crippen MR) is 112 cm³/mol. The van der Waals surface area contributed by atoms with Crippen molar-refractivity contribution in [3.05, 3.63) is 65.0 Å². The van der Waals surface area contributed by atoms with E-state index in [1.807, 2.05) is 6.92 Å². The molecular formula is C22H25F3N4O3. The van der Waals surface area contributed by atoms with Crippen molar-refractivity contribution >= 4 is 11.6 Å². The van der Waals surface area contributed by atoms with Gasteiger partial charge in [-0.1, -0.05) is 6.07 Å². The van der Waals surface area contributed by atoms with Crippen molar-refractivity contribution in [2.75, 3.05) is 7.11 Å². The normalized spacial score (nSPS) is 25.1. The summed E-state index contributed by atoms with van der Waals surface area (Å²) in [4.78, 5) is 15.9. The number of nitrogens with one attached hydrogen (secondary N) is 3. The van der Waals surface area contributed by atoms with Crippen LogP contribution in [-0.2, 0) is 10.9 Å². The third kappa shape index (κ3) is 5.76. The van der Waals surface area contributed by atoms with E-state index in [4.69, 9.17) is 10.1 Å². The van der Waals surface area contributed by atoms with Gasteiger partial charge in [0, 0.05) is 23.9 Å². The van der Waals surface area contributed by atoms with Crippen LogP contribution in [-0.4, -0.2) is 40.5 Å². The Labute approximate surface area is 183 Å². The molecule has 1 heterocycles. The van der Waals surface area contributed by atoms with Crippen LogP contribution in [0.4, 0.5) is 13.2 Å². The molecule has 0 bridgehead atoms. The summed E-state index contributed by atoms with van der Waals surface area (Å²) in [6.07, 6.45) is 2.80. The van der Waals surface area contributed by atoms with Crippen molar-refractivity contribution in [1.82, 2.24) is 15.6 Å². The number of hydrogen-bond acceptors (Lipinski definition) is 6. The minimum Gasteiger partial charge on any atom is -0.494 e. The fourth-order valence-corrected chi connectivity index (χ4v) is 3.50. The Morgan fingerprint density at radius 3 is 2.62 bits per heavy atom. The number of pyridine rings is 1. The molecular weight excluding hydrogens is 425 g/mol. The average molecular weight is 450 g/mol. The third-order valence-electron chi connectivity index (χ3n) is 5.43. The van der Waals surface area contributed by atoms with E-state index in [1.54, 1.807) is 6.20 Å². The Bertz CT molecular complexity index is 986. The maximum atomic E-state index is 12.9. The topological polar surface area (TPSA) is 107 Å². The number of allylic oxidation sites excluding steroid dienone is 3. The third-order valence-corrected chi connectivity index (χ3v) is 5.43. The van der Waals surface area contributed by atoms with Gasteiger partial charge in [-0.2, -0.15) is 13.2 Å². The van der Waals surface area contributed by atoms with E-state index in [-0.39, 0.29) is 23.2 Å². The van der Waals surface area contributed by atoms with Gasteiger partial charge in [-0.25, -0.2) is 4.98 Å². The number of amides is 1. The number of ether oxygens (including phenoxy) is 1. The number of alkyl halides is 3. The summed E-state index contributed by atoms with van der Waals surface area (Å²) in [6.45, 7) is 1.81. The van der Waals surface area contributed by atoms with Crippen LogP contribution in [0.25, 0.3) is 0 Å². The van der Waals surface area contributed by atoms with E-state index in [9.17, 15) is 23.1 Å². The maximum absolute atomic E-state index is 12.9. The van der Waals surface area contributed by atoms with E-state index in [0.717, 1.165) is 25.0 Å². The van der Waals surface area contributed by atoms with Crippen LogP contribution in [0, 0.1) is 5.41 Å². The monoisotopic (exact) mass is 450 g/mol. The van der Waals surface area contributed by atoms with Gasteiger partial charge in [0.2, 0.25) is 0 Å². The number of nitrogens with zero attached hydrogens (tertiary/aromatic N) is 1. The van der Waals surface area contributed by atoms with Gasteiger partial charge >= 0.3 is 6.18 Å². The molecule has 0 radical (unpaired) electrons. The first kappa shape index (κ1) is 23.5. The lowest BCUT2D eigenvalue weighted by Gasteiger charge is -2.33. The number of hydrogen-bond donors (Lipinski definition) is 4. The number of aliphatic hydroxyl groups is 1. The van der Waals surface area contributed by atoms with Gasteiger partial charge in [0.15, 0.2) is 0 Å². The van der Waals surface area contributed by atoms with E-state index in [1.165, 1.54) is 25.3 Å². The summed E-state index contributed by atoms with van der Waals surface area (Å²) in [5, 5.41) is 24.0. The second-order valence-corrected chi connectivity index (χ2v) is 8.08. The minimum absolute atomic E-state index is 0.143. The van der Waals surface area contributed by atoms with Crippen molar-refractivity contribution in [2.45, 2.75) is 50.4 Å². The van der Waals surface area contributed by atoms with Gasteiger partial charge in [-0.05, 0) is 50.8 Å². The van der Waals surface area contributed by atoms with Gasteiger partial charge in [-0.15, -0.1) is 0 Å². The van der Waals surface area contributed by atoms with E-state index < -0.39 is 29.1 Å².